The van der Waals surface area contributed by atoms with E-state index >= 15 is 0 Å². The predicted molar refractivity (Wildman–Crippen MR) is 67.8 cm³/mol. The third-order valence-electron chi connectivity index (χ3n) is 2.53. The van der Waals surface area contributed by atoms with Gasteiger partial charge in [0.25, 0.3) is 0 Å². The number of rotatable bonds is 5. The number of nitrogens with one attached hydrogen (secondary N) is 1. The summed E-state index contributed by atoms with van der Waals surface area (Å²) < 4.78 is 2.06. The summed E-state index contributed by atoms with van der Waals surface area (Å²) in [5, 5.41) is 7.50. The third-order valence-corrected chi connectivity index (χ3v) is 3.75. The molecule has 0 saturated carbocycles. The predicted octanol–water partition coefficient (Wildman–Crippen LogP) is 2.27. The first kappa shape index (κ1) is 11.4. The standard InChI is InChI=1S/C12H17N3S/c1-3-11-4-5-12(16-11)9-15-10(8-13-2)6-7-14-15/h4-7,13H,3,8-9H2,1-2H3. The summed E-state index contributed by atoms with van der Waals surface area (Å²) in [4.78, 5) is 2.82. The van der Waals surface area contributed by atoms with Gasteiger partial charge < -0.3 is 5.32 Å². The SMILES string of the molecule is CCc1ccc(Cn2nccc2CNC)s1. The molecule has 2 heterocycles. The fourth-order valence-electron chi connectivity index (χ4n) is 1.68. The summed E-state index contributed by atoms with van der Waals surface area (Å²) in [6.45, 7) is 3.94. The van der Waals surface area contributed by atoms with Crippen LogP contribution in [0.15, 0.2) is 24.4 Å². The summed E-state index contributed by atoms with van der Waals surface area (Å²) in [5.41, 5.74) is 1.23. The van der Waals surface area contributed by atoms with E-state index in [9.17, 15) is 0 Å². The van der Waals surface area contributed by atoms with E-state index in [2.05, 4.69) is 40.2 Å². The molecular formula is C12H17N3S. The molecule has 0 radical (unpaired) electrons. The number of aromatic nitrogens is 2. The van der Waals surface area contributed by atoms with Crippen LogP contribution in [0.2, 0.25) is 0 Å². The highest BCUT2D eigenvalue weighted by Gasteiger charge is 2.04. The van der Waals surface area contributed by atoms with Gasteiger partial charge in [0.2, 0.25) is 0 Å². The van der Waals surface area contributed by atoms with Gasteiger partial charge in [-0.1, -0.05) is 6.92 Å². The molecule has 0 spiro atoms. The van der Waals surface area contributed by atoms with Gasteiger partial charge >= 0.3 is 0 Å². The lowest BCUT2D eigenvalue weighted by atomic mass is 10.3. The fourth-order valence-corrected chi connectivity index (χ4v) is 2.62. The third kappa shape index (κ3) is 2.51. The van der Waals surface area contributed by atoms with Gasteiger partial charge in [-0.2, -0.15) is 5.10 Å². The molecule has 0 bridgehead atoms. The first-order chi connectivity index (χ1) is 7.83. The van der Waals surface area contributed by atoms with Gasteiger partial charge in [0.1, 0.15) is 0 Å². The van der Waals surface area contributed by atoms with Crippen LogP contribution in [0.5, 0.6) is 0 Å². The van der Waals surface area contributed by atoms with Gasteiger partial charge in [-0.15, -0.1) is 11.3 Å². The first-order valence-electron chi connectivity index (χ1n) is 5.56. The van der Waals surface area contributed by atoms with Gasteiger partial charge in [0.15, 0.2) is 0 Å². The second kappa shape index (κ2) is 5.27. The zero-order valence-electron chi connectivity index (χ0n) is 9.73. The van der Waals surface area contributed by atoms with Crippen LogP contribution in [0.1, 0.15) is 22.4 Å². The molecule has 0 fully saturated rings. The highest BCUT2D eigenvalue weighted by Crippen LogP contribution is 2.18. The summed E-state index contributed by atoms with van der Waals surface area (Å²) in [6.07, 6.45) is 2.98. The zero-order valence-corrected chi connectivity index (χ0v) is 10.5. The van der Waals surface area contributed by atoms with Gasteiger partial charge in [0.05, 0.1) is 12.2 Å². The van der Waals surface area contributed by atoms with E-state index in [0.29, 0.717) is 0 Å². The summed E-state index contributed by atoms with van der Waals surface area (Å²) in [7, 11) is 1.96. The number of hydrogen-bond donors (Lipinski definition) is 1. The molecule has 86 valence electrons. The monoisotopic (exact) mass is 235 g/mol. The minimum absolute atomic E-state index is 0.867. The number of hydrogen-bond acceptors (Lipinski definition) is 3. The molecule has 2 aromatic rings. The highest BCUT2D eigenvalue weighted by atomic mass is 32.1. The Bertz CT molecular complexity index is 445. The maximum atomic E-state index is 4.35. The molecule has 2 aromatic heterocycles. The molecule has 3 nitrogen and oxygen atoms in total. The molecular weight excluding hydrogens is 218 g/mol. The van der Waals surface area contributed by atoms with Crippen molar-refractivity contribution in [3.8, 4) is 0 Å². The van der Waals surface area contributed by atoms with Crippen LogP contribution in [-0.4, -0.2) is 16.8 Å². The van der Waals surface area contributed by atoms with E-state index in [4.69, 9.17) is 0 Å². The Balaban J connectivity index is 2.10. The van der Waals surface area contributed by atoms with Gasteiger partial charge in [0, 0.05) is 22.5 Å². The smallest absolute Gasteiger partial charge is 0.0756 e. The Morgan fingerprint density at radius 1 is 1.31 bits per heavy atom. The van der Waals surface area contributed by atoms with Crippen molar-refractivity contribution in [1.82, 2.24) is 15.1 Å². The van der Waals surface area contributed by atoms with Crippen molar-refractivity contribution in [3.05, 3.63) is 39.8 Å². The van der Waals surface area contributed by atoms with Crippen LogP contribution >= 0.6 is 11.3 Å². The van der Waals surface area contributed by atoms with E-state index in [1.54, 1.807) is 0 Å². The second-order valence-corrected chi connectivity index (χ2v) is 4.98. The minimum Gasteiger partial charge on any atom is -0.314 e. The molecule has 0 amide bonds. The molecule has 0 aliphatic heterocycles. The summed E-state index contributed by atoms with van der Waals surface area (Å²) in [6, 6.07) is 6.47. The summed E-state index contributed by atoms with van der Waals surface area (Å²) >= 11 is 1.88. The van der Waals surface area contributed by atoms with Crippen molar-refractivity contribution in [1.29, 1.82) is 0 Å². The van der Waals surface area contributed by atoms with E-state index < -0.39 is 0 Å². The van der Waals surface area contributed by atoms with Crippen LogP contribution in [0, 0.1) is 0 Å². The topological polar surface area (TPSA) is 29.9 Å². The van der Waals surface area contributed by atoms with Crippen LogP contribution in [-0.2, 0) is 19.5 Å². The molecule has 0 aliphatic carbocycles. The van der Waals surface area contributed by atoms with Crippen molar-refractivity contribution in [2.75, 3.05) is 7.05 Å². The summed E-state index contributed by atoms with van der Waals surface area (Å²) in [5.74, 6) is 0. The van der Waals surface area contributed by atoms with Gasteiger partial charge in [-0.25, -0.2) is 0 Å². The lowest BCUT2D eigenvalue weighted by Crippen LogP contribution is -2.12. The molecule has 4 heteroatoms. The molecule has 0 saturated heterocycles. The molecule has 0 aromatic carbocycles. The van der Waals surface area contributed by atoms with E-state index in [0.717, 1.165) is 19.5 Å². The number of nitrogens with zero attached hydrogens (tertiary/aromatic N) is 2. The zero-order chi connectivity index (χ0) is 11.4. The molecule has 2 rings (SSSR count). The van der Waals surface area contributed by atoms with Crippen LogP contribution in [0.25, 0.3) is 0 Å². The van der Waals surface area contributed by atoms with Crippen molar-refractivity contribution < 1.29 is 0 Å². The van der Waals surface area contributed by atoms with Gasteiger partial charge in [-0.3, -0.25) is 4.68 Å². The van der Waals surface area contributed by atoms with Crippen LogP contribution in [0.3, 0.4) is 0 Å². The fraction of sp³-hybridized carbons (Fsp3) is 0.417. The van der Waals surface area contributed by atoms with Crippen LogP contribution < -0.4 is 5.32 Å². The second-order valence-electron chi connectivity index (χ2n) is 3.73. The first-order valence-corrected chi connectivity index (χ1v) is 6.38. The lowest BCUT2D eigenvalue weighted by molar-refractivity contribution is 0.627. The Morgan fingerprint density at radius 3 is 2.81 bits per heavy atom. The van der Waals surface area contributed by atoms with E-state index in [1.807, 2.05) is 24.6 Å². The quantitative estimate of drug-likeness (QED) is 0.861. The van der Waals surface area contributed by atoms with Crippen molar-refractivity contribution >= 4 is 11.3 Å². The minimum atomic E-state index is 0.867. The van der Waals surface area contributed by atoms with Crippen molar-refractivity contribution in [2.24, 2.45) is 0 Å². The normalized spacial score (nSPS) is 10.9. The average molecular weight is 235 g/mol. The average Bonchev–Trinajstić information content (AvgIpc) is 2.90. The van der Waals surface area contributed by atoms with Gasteiger partial charge in [-0.05, 0) is 31.7 Å². The van der Waals surface area contributed by atoms with Crippen molar-refractivity contribution in [2.45, 2.75) is 26.4 Å². The molecule has 0 unspecified atom stereocenters. The van der Waals surface area contributed by atoms with Crippen molar-refractivity contribution in [3.63, 3.8) is 0 Å². The number of thiophene rings is 1. The van der Waals surface area contributed by atoms with Crippen LogP contribution in [0.4, 0.5) is 0 Å². The largest absolute Gasteiger partial charge is 0.314 e. The Morgan fingerprint density at radius 2 is 2.12 bits per heavy atom. The number of aryl methyl sites for hydroxylation is 1. The Kier molecular flexibility index (Phi) is 3.74. The molecule has 1 N–H and O–H groups in total. The Labute approximate surface area is 100 Å². The maximum absolute atomic E-state index is 4.35. The van der Waals surface area contributed by atoms with E-state index in [1.165, 1.54) is 15.4 Å². The lowest BCUT2D eigenvalue weighted by Gasteiger charge is -2.05. The molecule has 0 atom stereocenters. The molecule has 16 heavy (non-hydrogen) atoms. The van der Waals surface area contributed by atoms with E-state index in [-0.39, 0.29) is 0 Å². The molecule has 0 aliphatic rings. The highest BCUT2D eigenvalue weighted by molar-refractivity contribution is 7.11. The maximum Gasteiger partial charge on any atom is 0.0756 e. The Hall–Kier alpha value is -1.13.